The van der Waals surface area contributed by atoms with E-state index in [0.29, 0.717) is 61.2 Å². The highest BCUT2D eigenvalue weighted by Gasteiger charge is 2.34. The minimum atomic E-state index is -3.71. The monoisotopic (exact) mass is 494 g/mol. The number of piperidine rings is 1. The third-order valence-corrected chi connectivity index (χ3v) is 8.85. The van der Waals surface area contributed by atoms with Gasteiger partial charge in [-0.3, -0.25) is 4.79 Å². The standard InChI is InChI=1S/C26H30N4O4S/c1-17-4-3-5-19(14-17)16-27-25(31)20-10-12-30(13-11-20)35(32,33)23-15-22(7-6-18(23)2)24-28-26(34-29-24)21-8-9-21/h3-7,14-15,20-21H,8-13,16H2,1-2H3,(H,27,31). The molecule has 184 valence electrons. The van der Waals surface area contributed by atoms with Gasteiger partial charge in [0.1, 0.15) is 0 Å². The zero-order valence-corrected chi connectivity index (χ0v) is 20.8. The summed E-state index contributed by atoms with van der Waals surface area (Å²) in [7, 11) is -3.71. The summed E-state index contributed by atoms with van der Waals surface area (Å²) in [5.41, 5.74) is 3.49. The lowest BCUT2D eigenvalue weighted by Crippen LogP contribution is -2.43. The Kier molecular flexibility index (Phi) is 6.46. The van der Waals surface area contributed by atoms with Gasteiger partial charge in [-0.2, -0.15) is 9.29 Å². The van der Waals surface area contributed by atoms with E-state index in [4.69, 9.17) is 4.52 Å². The van der Waals surface area contributed by atoms with Crippen molar-refractivity contribution < 1.29 is 17.7 Å². The van der Waals surface area contributed by atoms with E-state index in [0.717, 1.165) is 24.0 Å². The molecule has 0 unspecified atom stereocenters. The van der Waals surface area contributed by atoms with E-state index in [1.54, 1.807) is 19.1 Å². The number of nitrogens with one attached hydrogen (secondary N) is 1. The third kappa shape index (κ3) is 5.16. The molecule has 1 aromatic heterocycles. The van der Waals surface area contributed by atoms with Crippen molar-refractivity contribution in [2.75, 3.05) is 13.1 Å². The highest BCUT2D eigenvalue weighted by molar-refractivity contribution is 7.89. The second kappa shape index (κ2) is 9.54. The summed E-state index contributed by atoms with van der Waals surface area (Å²) < 4.78 is 33.8. The molecule has 8 nitrogen and oxygen atoms in total. The summed E-state index contributed by atoms with van der Waals surface area (Å²) in [6.45, 7) is 4.90. The molecule has 1 aliphatic heterocycles. The maximum atomic E-state index is 13.5. The molecule has 1 aliphatic carbocycles. The SMILES string of the molecule is Cc1cccc(CNC(=O)C2CCN(S(=O)(=O)c3cc(-c4noc(C5CC5)n4)ccc3C)CC2)c1. The van der Waals surface area contributed by atoms with Gasteiger partial charge in [0.15, 0.2) is 0 Å². The van der Waals surface area contributed by atoms with Crippen molar-refractivity contribution in [2.45, 2.75) is 56.9 Å². The zero-order valence-electron chi connectivity index (χ0n) is 20.0. The van der Waals surface area contributed by atoms with E-state index in [2.05, 4.69) is 15.5 Å². The number of benzene rings is 2. The molecule has 1 N–H and O–H groups in total. The second-order valence-electron chi connectivity index (χ2n) is 9.60. The van der Waals surface area contributed by atoms with Crippen molar-refractivity contribution in [3.8, 4) is 11.4 Å². The number of amides is 1. The normalized spacial score (nSPS) is 17.4. The zero-order chi connectivity index (χ0) is 24.6. The molecule has 0 spiro atoms. The van der Waals surface area contributed by atoms with Crippen molar-refractivity contribution in [3.63, 3.8) is 0 Å². The molecule has 2 aromatic carbocycles. The van der Waals surface area contributed by atoms with Crippen LogP contribution in [0.3, 0.4) is 0 Å². The molecule has 2 fully saturated rings. The average Bonchev–Trinajstić information content (AvgIpc) is 3.59. The molecule has 0 atom stereocenters. The van der Waals surface area contributed by atoms with Gasteiger partial charge in [0, 0.05) is 37.0 Å². The summed E-state index contributed by atoms with van der Waals surface area (Å²) in [6, 6.07) is 13.3. The van der Waals surface area contributed by atoms with Crippen LogP contribution < -0.4 is 5.32 Å². The van der Waals surface area contributed by atoms with Gasteiger partial charge in [0.25, 0.3) is 0 Å². The van der Waals surface area contributed by atoms with Crippen LogP contribution in [0, 0.1) is 19.8 Å². The van der Waals surface area contributed by atoms with Gasteiger partial charge in [-0.25, -0.2) is 8.42 Å². The van der Waals surface area contributed by atoms with Gasteiger partial charge in [-0.05, 0) is 56.7 Å². The average molecular weight is 495 g/mol. The van der Waals surface area contributed by atoms with Gasteiger partial charge in [0.2, 0.25) is 27.6 Å². The van der Waals surface area contributed by atoms with E-state index in [-0.39, 0.29) is 16.7 Å². The maximum absolute atomic E-state index is 13.5. The van der Waals surface area contributed by atoms with Crippen LogP contribution in [-0.2, 0) is 21.4 Å². The molecule has 35 heavy (non-hydrogen) atoms. The van der Waals surface area contributed by atoms with Crippen LogP contribution in [0.4, 0.5) is 0 Å². The number of aromatic nitrogens is 2. The van der Waals surface area contributed by atoms with E-state index in [1.165, 1.54) is 4.31 Å². The molecular weight excluding hydrogens is 464 g/mol. The maximum Gasteiger partial charge on any atom is 0.243 e. The van der Waals surface area contributed by atoms with Gasteiger partial charge in [-0.15, -0.1) is 0 Å². The largest absolute Gasteiger partial charge is 0.352 e. The van der Waals surface area contributed by atoms with Crippen LogP contribution in [0.2, 0.25) is 0 Å². The number of hydrogen-bond acceptors (Lipinski definition) is 6. The fourth-order valence-electron chi connectivity index (χ4n) is 4.52. The predicted molar refractivity (Wildman–Crippen MR) is 131 cm³/mol. The quantitative estimate of drug-likeness (QED) is 0.533. The second-order valence-corrected chi connectivity index (χ2v) is 11.5. The van der Waals surface area contributed by atoms with E-state index < -0.39 is 10.0 Å². The van der Waals surface area contributed by atoms with Gasteiger partial charge >= 0.3 is 0 Å². The summed E-state index contributed by atoms with van der Waals surface area (Å²) in [6.07, 6.45) is 3.09. The first-order valence-electron chi connectivity index (χ1n) is 12.1. The van der Waals surface area contributed by atoms with Gasteiger partial charge < -0.3 is 9.84 Å². The number of carbonyl (C=O) groups excluding carboxylic acids is 1. The van der Waals surface area contributed by atoms with Crippen LogP contribution in [-0.4, -0.2) is 41.9 Å². The summed E-state index contributed by atoms with van der Waals surface area (Å²) >= 11 is 0. The smallest absolute Gasteiger partial charge is 0.243 e. The van der Waals surface area contributed by atoms with Gasteiger partial charge in [0.05, 0.1) is 4.90 Å². The molecule has 2 heterocycles. The Morgan fingerprint density at radius 3 is 2.57 bits per heavy atom. The van der Waals surface area contributed by atoms with Crippen molar-refractivity contribution in [2.24, 2.45) is 5.92 Å². The Bertz CT molecular complexity index is 1340. The number of nitrogens with zero attached hydrogens (tertiary/aromatic N) is 3. The van der Waals surface area contributed by atoms with Crippen LogP contribution in [0.5, 0.6) is 0 Å². The van der Waals surface area contributed by atoms with Crippen molar-refractivity contribution in [3.05, 3.63) is 65.0 Å². The molecule has 5 rings (SSSR count). The van der Waals surface area contributed by atoms with Crippen LogP contribution in [0.1, 0.15) is 54.2 Å². The number of sulfonamides is 1. The molecule has 0 radical (unpaired) electrons. The van der Waals surface area contributed by atoms with E-state index in [9.17, 15) is 13.2 Å². The van der Waals surface area contributed by atoms with Crippen LogP contribution >= 0.6 is 0 Å². The Labute approximate surface area is 205 Å². The Morgan fingerprint density at radius 2 is 1.86 bits per heavy atom. The fraction of sp³-hybridized carbons (Fsp3) is 0.423. The van der Waals surface area contributed by atoms with E-state index in [1.807, 2.05) is 37.3 Å². The Balaban J connectivity index is 1.24. The van der Waals surface area contributed by atoms with Crippen molar-refractivity contribution in [1.82, 2.24) is 19.8 Å². The molecule has 9 heteroatoms. The number of rotatable bonds is 7. The molecule has 1 saturated carbocycles. The molecule has 0 bridgehead atoms. The predicted octanol–water partition coefficient (Wildman–Crippen LogP) is 3.95. The third-order valence-electron chi connectivity index (χ3n) is 6.81. The first-order valence-corrected chi connectivity index (χ1v) is 13.5. The Morgan fingerprint density at radius 1 is 1.09 bits per heavy atom. The highest BCUT2D eigenvalue weighted by atomic mass is 32.2. The molecule has 1 saturated heterocycles. The van der Waals surface area contributed by atoms with Crippen molar-refractivity contribution >= 4 is 15.9 Å². The number of carbonyl (C=O) groups is 1. The number of hydrogen-bond donors (Lipinski definition) is 1. The Hall–Kier alpha value is -3.04. The first kappa shape index (κ1) is 23.7. The highest BCUT2D eigenvalue weighted by Crippen LogP contribution is 2.39. The molecule has 3 aromatic rings. The van der Waals surface area contributed by atoms with Crippen LogP contribution in [0.15, 0.2) is 51.9 Å². The van der Waals surface area contributed by atoms with Gasteiger partial charge in [-0.1, -0.05) is 47.1 Å². The lowest BCUT2D eigenvalue weighted by atomic mass is 9.97. The minimum Gasteiger partial charge on any atom is -0.352 e. The molecular formula is C26H30N4O4S. The number of aryl methyl sites for hydroxylation is 2. The summed E-state index contributed by atoms with van der Waals surface area (Å²) in [5, 5.41) is 7.05. The molecule has 1 amide bonds. The van der Waals surface area contributed by atoms with E-state index >= 15 is 0 Å². The van der Waals surface area contributed by atoms with Crippen LogP contribution in [0.25, 0.3) is 11.4 Å². The molecule has 2 aliphatic rings. The minimum absolute atomic E-state index is 0.0229. The lowest BCUT2D eigenvalue weighted by Gasteiger charge is -2.31. The summed E-state index contributed by atoms with van der Waals surface area (Å²) in [4.78, 5) is 17.4. The topological polar surface area (TPSA) is 105 Å². The first-order chi connectivity index (χ1) is 16.8. The fourth-order valence-corrected chi connectivity index (χ4v) is 6.24. The lowest BCUT2D eigenvalue weighted by molar-refractivity contribution is -0.126. The summed E-state index contributed by atoms with van der Waals surface area (Å²) in [5.74, 6) is 1.14. The van der Waals surface area contributed by atoms with Crippen molar-refractivity contribution in [1.29, 1.82) is 0 Å².